The first-order valence-electron chi connectivity index (χ1n) is 4.74. The highest BCUT2D eigenvalue weighted by molar-refractivity contribution is 5.78. The Morgan fingerprint density at radius 3 is 3.00 bits per heavy atom. The Morgan fingerprint density at radius 2 is 2.33 bits per heavy atom. The Morgan fingerprint density at radius 1 is 1.47 bits per heavy atom. The molecule has 0 saturated heterocycles. The number of oxazole rings is 1. The fraction of sp³-hybridized carbons (Fsp3) is 0.167. The molecular formula is C12H11NO2. The van der Waals surface area contributed by atoms with Crippen LogP contribution in [0, 0.1) is 0 Å². The van der Waals surface area contributed by atoms with Crippen molar-refractivity contribution in [3.63, 3.8) is 0 Å². The molecule has 76 valence electrons. The number of nitrogens with zero attached hydrogens (tertiary/aromatic N) is 1. The zero-order chi connectivity index (χ0) is 10.7. The Labute approximate surface area is 87.8 Å². The van der Waals surface area contributed by atoms with Crippen LogP contribution in [-0.4, -0.2) is 10.8 Å². The van der Waals surface area contributed by atoms with E-state index in [1.54, 1.807) is 13.1 Å². The topological polar surface area (TPSA) is 43.1 Å². The lowest BCUT2D eigenvalue weighted by molar-refractivity contribution is -0.116. The van der Waals surface area contributed by atoms with Gasteiger partial charge in [0.15, 0.2) is 0 Å². The van der Waals surface area contributed by atoms with Gasteiger partial charge in [0.05, 0.1) is 6.20 Å². The molecule has 0 radical (unpaired) electrons. The molecular weight excluding hydrogens is 190 g/mol. The van der Waals surface area contributed by atoms with Crippen molar-refractivity contribution in [1.82, 2.24) is 4.98 Å². The molecule has 3 nitrogen and oxygen atoms in total. The van der Waals surface area contributed by atoms with E-state index in [9.17, 15) is 4.79 Å². The minimum atomic E-state index is 0.152. The number of hydrogen-bond acceptors (Lipinski definition) is 3. The molecule has 0 unspecified atom stereocenters. The number of benzene rings is 1. The van der Waals surface area contributed by atoms with Crippen LogP contribution < -0.4 is 0 Å². The van der Waals surface area contributed by atoms with Gasteiger partial charge in [-0.2, -0.15) is 0 Å². The van der Waals surface area contributed by atoms with Gasteiger partial charge in [-0.15, -0.1) is 0 Å². The van der Waals surface area contributed by atoms with E-state index in [0.717, 1.165) is 11.1 Å². The Kier molecular flexibility index (Phi) is 2.63. The largest absolute Gasteiger partial charge is 0.445 e. The number of aromatic nitrogens is 1. The van der Waals surface area contributed by atoms with Crippen LogP contribution in [0.1, 0.15) is 12.5 Å². The summed E-state index contributed by atoms with van der Waals surface area (Å²) in [5, 5.41) is 0. The molecule has 0 spiro atoms. The van der Waals surface area contributed by atoms with Crippen molar-refractivity contribution >= 4 is 5.78 Å². The van der Waals surface area contributed by atoms with E-state index in [-0.39, 0.29) is 5.78 Å². The van der Waals surface area contributed by atoms with Crippen molar-refractivity contribution in [2.75, 3.05) is 0 Å². The van der Waals surface area contributed by atoms with Gasteiger partial charge < -0.3 is 4.42 Å². The predicted octanol–water partition coefficient (Wildman–Crippen LogP) is 2.47. The second-order valence-electron chi connectivity index (χ2n) is 3.42. The lowest BCUT2D eigenvalue weighted by atomic mass is 10.1. The van der Waals surface area contributed by atoms with E-state index in [2.05, 4.69) is 4.98 Å². The van der Waals surface area contributed by atoms with Crippen molar-refractivity contribution < 1.29 is 9.21 Å². The van der Waals surface area contributed by atoms with E-state index in [1.807, 2.05) is 24.3 Å². The second kappa shape index (κ2) is 4.09. The van der Waals surface area contributed by atoms with Crippen LogP contribution in [0.15, 0.2) is 41.1 Å². The summed E-state index contributed by atoms with van der Waals surface area (Å²) >= 11 is 0. The molecule has 0 aliphatic rings. The number of hydrogen-bond donors (Lipinski definition) is 0. The maximum atomic E-state index is 11.0. The average Bonchev–Trinajstić information content (AvgIpc) is 2.69. The van der Waals surface area contributed by atoms with E-state index < -0.39 is 0 Å². The smallest absolute Gasteiger partial charge is 0.225 e. The molecule has 2 rings (SSSR count). The number of Topliss-reactive ketones (excluding diaryl/α,β-unsaturated/α-hetero) is 1. The summed E-state index contributed by atoms with van der Waals surface area (Å²) in [6.07, 6.45) is 3.59. The first-order chi connectivity index (χ1) is 7.25. The van der Waals surface area contributed by atoms with E-state index in [4.69, 9.17) is 4.42 Å². The Balaban J connectivity index is 2.31. The third-order valence-electron chi connectivity index (χ3n) is 2.06. The summed E-state index contributed by atoms with van der Waals surface area (Å²) in [5.41, 5.74) is 1.89. The molecule has 0 fully saturated rings. The van der Waals surface area contributed by atoms with Gasteiger partial charge in [-0.25, -0.2) is 4.98 Å². The summed E-state index contributed by atoms with van der Waals surface area (Å²) in [6.45, 7) is 1.58. The van der Waals surface area contributed by atoms with Crippen molar-refractivity contribution in [1.29, 1.82) is 0 Å². The molecule has 0 amide bonds. The van der Waals surface area contributed by atoms with Gasteiger partial charge in [-0.1, -0.05) is 12.1 Å². The molecule has 15 heavy (non-hydrogen) atoms. The normalized spacial score (nSPS) is 10.2. The van der Waals surface area contributed by atoms with Crippen LogP contribution in [0.2, 0.25) is 0 Å². The van der Waals surface area contributed by atoms with E-state index in [0.29, 0.717) is 12.3 Å². The van der Waals surface area contributed by atoms with Gasteiger partial charge in [0, 0.05) is 12.0 Å². The van der Waals surface area contributed by atoms with Crippen molar-refractivity contribution in [3.8, 4) is 11.5 Å². The average molecular weight is 201 g/mol. The van der Waals surface area contributed by atoms with Gasteiger partial charge in [-0.05, 0) is 24.6 Å². The van der Waals surface area contributed by atoms with Crippen LogP contribution in [0.3, 0.4) is 0 Å². The first kappa shape index (κ1) is 9.65. The monoisotopic (exact) mass is 201 g/mol. The molecule has 1 heterocycles. The standard InChI is InChI=1S/C12H11NO2/c1-9(14)7-10-3-2-4-11(8-10)12-13-5-6-15-12/h2-6,8H,7H2,1H3. The quantitative estimate of drug-likeness (QED) is 0.766. The molecule has 2 aromatic rings. The number of carbonyl (C=O) groups excluding carboxylic acids is 1. The molecule has 0 aliphatic carbocycles. The highest BCUT2D eigenvalue weighted by Crippen LogP contribution is 2.18. The molecule has 0 aliphatic heterocycles. The lowest BCUT2D eigenvalue weighted by Crippen LogP contribution is -1.96. The van der Waals surface area contributed by atoms with Gasteiger partial charge in [0.2, 0.25) is 5.89 Å². The van der Waals surface area contributed by atoms with E-state index >= 15 is 0 Å². The van der Waals surface area contributed by atoms with Gasteiger partial charge in [0.1, 0.15) is 12.0 Å². The second-order valence-corrected chi connectivity index (χ2v) is 3.42. The van der Waals surface area contributed by atoms with Crippen LogP contribution in [-0.2, 0) is 11.2 Å². The van der Waals surface area contributed by atoms with Crippen molar-refractivity contribution in [2.24, 2.45) is 0 Å². The number of carbonyl (C=O) groups is 1. The third-order valence-corrected chi connectivity index (χ3v) is 2.06. The minimum Gasteiger partial charge on any atom is -0.445 e. The van der Waals surface area contributed by atoms with Gasteiger partial charge in [-0.3, -0.25) is 4.79 Å². The third kappa shape index (κ3) is 2.31. The molecule has 1 aromatic carbocycles. The predicted molar refractivity (Wildman–Crippen MR) is 56.3 cm³/mol. The molecule has 0 bridgehead atoms. The first-order valence-corrected chi connectivity index (χ1v) is 4.74. The summed E-state index contributed by atoms with van der Waals surface area (Å²) in [7, 11) is 0. The molecule has 0 saturated carbocycles. The maximum absolute atomic E-state index is 11.0. The van der Waals surface area contributed by atoms with E-state index in [1.165, 1.54) is 6.26 Å². The Hall–Kier alpha value is -1.90. The number of ketones is 1. The van der Waals surface area contributed by atoms with Crippen LogP contribution in [0.5, 0.6) is 0 Å². The highest BCUT2D eigenvalue weighted by Gasteiger charge is 2.04. The van der Waals surface area contributed by atoms with Crippen molar-refractivity contribution in [2.45, 2.75) is 13.3 Å². The molecule has 0 atom stereocenters. The summed E-state index contributed by atoms with van der Waals surface area (Å²) in [6, 6.07) is 7.66. The fourth-order valence-electron chi connectivity index (χ4n) is 1.47. The Bertz CT molecular complexity index is 460. The van der Waals surface area contributed by atoms with Crippen LogP contribution in [0.4, 0.5) is 0 Å². The maximum Gasteiger partial charge on any atom is 0.225 e. The summed E-state index contributed by atoms with van der Waals surface area (Å²) in [5.74, 6) is 0.736. The summed E-state index contributed by atoms with van der Waals surface area (Å²) < 4.78 is 5.18. The minimum absolute atomic E-state index is 0.152. The van der Waals surface area contributed by atoms with Gasteiger partial charge in [0.25, 0.3) is 0 Å². The van der Waals surface area contributed by atoms with Crippen LogP contribution in [0.25, 0.3) is 11.5 Å². The van der Waals surface area contributed by atoms with Crippen molar-refractivity contribution in [3.05, 3.63) is 42.3 Å². The molecule has 1 aromatic heterocycles. The molecule has 3 heteroatoms. The zero-order valence-electron chi connectivity index (χ0n) is 8.43. The van der Waals surface area contributed by atoms with Gasteiger partial charge >= 0.3 is 0 Å². The fourth-order valence-corrected chi connectivity index (χ4v) is 1.47. The molecule has 0 N–H and O–H groups in total. The van der Waals surface area contributed by atoms with Crippen LogP contribution >= 0.6 is 0 Å². The summed E-state index contributed by atoms with van der Waals surface area (Å²) in [4.78, 5) is 15.0. The highest BCUT2D eigenvalue weighted by atomic mass is 16.3. The SMILES string of the molecule is CC(=O)Cc1cccc(-c2ncco2)c1. The lowest BCUT2D eigenvalue weighted by Gasteiger charge is -2.00. The number of rotatable bonds is 3. The zero-order valence-corrected chi connectivity index (χ0v) is 8.43.